The summed E-state index contributed by atoms with van der Waals surface area (Å²) in [5, 5.41) is 4.13. The van der Waals surface area contributed by atoms with Crippen LogP contribution in [0.15, 0.2) is 12.4 Å². The van der Waals surface area contributed by atoms with Crippen LogP contribution in [0.4, 0.5) is 0 Å². The molecule has 1 aromatic rings. The molecule has 1 saturated heterocycles. The van der Waals surface area contributed by atoms with E-state index in [1.165, 1.54) is 5.56 Å². The summed E-state index contributed by atoms with van der Waals surface area (Å²) in [5.74, 6) is 0.594. The van der Waals surface area contributed by atoms with Crippen molar-refractivity contribution in [3.8, 4) is 0 Å². The van der Waals surface area contributed by atoms with Crippen molar-refractivity contribution < 1.29 is 13.2 Å². The van der Waals surface area contributed by atoms with Gasteiger partial charge in [-0.05, 0) is 31.9 Å². The SMILES string of the molecule is CN(CCCc1cnn(C)c1)C(=O)CCN(C)C1CCS(=O)(=O)C1. The zero-order valence-corrected chi connectivity index (χ0v) is 15.6. The predicted octanol–water partition coefficient (Wildman–Crippen LogP) is 0.320. The molecule has 0 N–H and O–H groups in total. The third-order valence-corrected chi connectivity index (χ3v) is 6.40. The van der Waals surface area contributed by atoms with Crippen LogP contribution in [0.5, 0.6) is 0 Å². The fourth-order valence-corrected chi connectivity index (χ4v) is 4.82. The van der Waals surface area contributed by atoms with Gasteiger partial charge in [-0.25, -0.2) is 8.42 Å². The second-order valence-electron chi connectivity index (χ2n) is 6.73. The maximum absolute atomic E-state index is 12.2. The van der Waals surface area contributed by atoms with Gasteiger partial charge < -0.3 is 9.80 Å². The van der Waals surface area contributed by atoms with Crippen molar-refractivity contribution in [1.29, 1.82) is 0 Å². The maximum Gasteiger partial charge on any atom is 0.223 e. The molecule has 8 heteroatoms. The van der Waals surface area contributed by atoms with Gasteiger partial charge in [-0.15, -0.1) is 0 Å². The number of carbonyl (C=O) groups excluding carboxylic acids is 1. The van der Waals surface area contributed by atoms with E-state index < -0.39 is 9.84 Å². The molecule has 0 aliphatic carbocycles. The highest BCUT2D eigenvalue weighted by molar-refractivity contribution is 7.91. The standard InChI is InChI=1S/C16H28N4O3S/c1-18(15-7-10-24(22,23)13-15)9-6-16(21)19(2)8-4-5-14-11-17-20(3)12-14/h11-12,15H,4-10,13H2,1-3H3. The Morgan fingerprint density at radius 1 is 1.38 bits per heavy atom. The zero-order valence-electron chi connectivity index (χ0n) is 14.8. The molecule has 2 rings (SSSR count). The number of aryl methyl sites for hydroxylation is 2. The zero-order chi connectivity index (χ0) is 17.7. The van der Waals surface area contributed by atoms with Crippen LogP contribution in [0.2, 0.25) is 0 Å². The van der Waals surface area contributed by atoms with Gasteiger partial charge in [0.1, 0.15) is 0 Å². The van der Waals surface area contributed by atoms with Gasteiger partial charge in [0.15, 0.2) is 9.84 Å². The van der Waals surface area contributed by atoms with Crippen LogP contribution in [-0.4, -0.2) is 78.6 Å². The molecular weight excluding hydrogens is 328 g/mol. The van der Waals surface area contributed by atoms with Crippen LogP contribution in [0, 0.1) is 0 Å². The first-order valence-electron chi connectivity index (χ1n) is 8.39. The minimum atomic E-state index is -2.88. The fraction of sp³-hybridized carbons (Fsp3) is 0.750. The molecule has 136 valence electrons. The molecule has 1 amide bonds. The van der Waals surface area contributed by atoms with Gasteiger partial charge in [0, 0.05) is 45.8 Å². The minimum Gasteiger partial charge on any atom is -0.346 e. The Labute approximate surface area is 144 Å². The molecular formula is C16H28N4O3S. The van der Waals surface area contributed by atoms with Crippen molar-refractivity contribution >= 4 is 15.7 Å². The second kappa shape index (κ2) is 8.11. The Hall–Kier alpha value is -1.41. The smallest absolute Gasteiger partial charge is 0.223 e. The molecule has 1 unspecified atom stereocenters. The predicted molar refractivity (Wildman–Crippen MR) is 93.5 cm³/mol. The highest BCUT2D eigenvalue weighted by Gasteiger charge is 2.30. The highest BCUT2D eigenvalue weighted by Crippen LogP contribution is 2.16. The number of nitrogens with zero attached hydrogens (tertiary/aromatic N) is 4. The molecule has 0 aromatic carbocycles. The Kier molecular flexibility index (Phi) is 6.40. The minimum absolute atomic E-state index is 0.0543. The first-order valence-corrected chi connectivity index (χ1v) is 10.2. The fourth-order valence-electron chi connectivity index (χ4n) is 3.01. The van der Waals surface area contributed by atoms with Crippen LogP contribution >= 0.6 is 0 Å². The van der Waals surface area contributed by atoms with E-state index in [9.17, 15) is 13.2 Å². The summed E-state index contributed by atoms with van der Waals surface area (Å²) in [5.41, 5.74) is 1.18. The topological polar surface area (TPSA) is 75.5 Å². The first kappa shape index (κ1) is 18.9. The molecule has 1 aliphatic rings. The van der Waals surface area contributed by atoms with Crippen LogP contribution in [0.25, 0.3) is 0 Å². The molecule has 7 nitrogen and oxygen atoms in total. The molecule has 1 atom stereocenters. The lowest BCUT2D eigenvalue weighted by Crippen LogP contribution is -2.37. The van der Waals surface area contributed by atoms with Gasteiger partial charge in [-0.3, -0.25) is 9.48 Å². The average Bonchev–Trinajstić information content (AvgIpc) is 3.09. The van der Waals surface area contributed by atoms with Gasteiger partial charge >= 0.3 is 0 Å². The van der Waals surface area contributed by atoms with Gasteiger partial charge in [0.05, 0.1) is 17.7 Å². The quantitative estimate of drug-likeness (QED) is 0.671. The Morgan fingerprint density at radius 3 is 2.71 bits per heavy atom. The van der Waals surface area contributed by atoms with Crippen molar-refractivity contribution in [2.24, 2.45) is 7.05 Å². The number of hydrogen-bond acceptors (Lipinski definition) is 5. The van der Waals surface area contributed by atoms with Crippen LogP contribution < -0.4 is 0 Å². The number of sulfone groups is 1. The first-order chi connectivity index (χ1) is 11.3. The Bertz CT molecular complexity index is 656. The van der Waals surface area contributed by atoms with Crippen molar-refractivity contribution in [2.45, 2.75) is 31.7 Å². The molecule has 2 heterocycles. The lowest BCUT2D eigenvalue weighted by Gasteiger charge is -2.24. The lowest BCUT2D eigenvalue weighted by molar-refractivity contribution is -0.130. The molecule has 0 spiro atoms. The molecule has 1 aromatic heterocycles. The van der Waals surface area contributed by atoms with Crippen LogP contribution in [0.1, 0.15) is 24.8 Å². The van der Waals surface area contributed by atoms with E-state index in [-0.39, 0.29) is 23.5 Å². The number of carbonyl (C=O) groups is 1. The van der Waals surface area contributed by atoms with Gasteiger partial charge in [0.2, 0.25) is 5.91 Å². The Balaban J connectivity index is 1.66. The van der Waals surface area contributed by atoms with Crippen LogP contribution in [-0.2, 0) is 28.1 Å². The van der Waals surface area contributed by atoms with E-state index in [0.717, 1.165) is 19.4 Å². The van der Waals surface area contributed by atoms with E-state index in [1.54, 1.807) is 9.58 Å². The number of amides is 1. The van der Waals surface area contributed by atoms with Crippen molar-refractivity contribution in [3.05, 3.63) is 18.0 Å². The molecule has 24 heavy (non-hydrogen) atoms. The summed E-state index contributed by atoms with van der Waals surface area (Å²) >= 11 is 0. The van der Waals surface area contributed by atoms with E-state index >= 15 is 0 Å². The van der Waals surface area contributed by atoms with Crippen molar-refractivity contribution in [1.82, 2.24) is 19.6 Å². The Morgan fingerprint density at radius 2 is 2.12 bits per heavy atom. The highest BCUT2D eigenvalue weighted by atomic mass is 32.2. The summed E-state index contributed by atoms with van der Waals surface area (Å²) in [6.07, 6.45) is 6.76. The lowest BCUT2D eigenvalue weighted by atomic mass is 10.2. The normalized spacial score (nSPS) is 19.8. The van der Waals surface area contributed by atoms with E-state index in [1.807, 2.05) is 38.4 Å². The number of hydrogen-bond donors (Lipinski definition) is 0. The van der Waals surface area contributed by atoms with Gasteiger partial charge in [-0.2, -0.15) is 5.10 Å². The molecule has 1 fully saturated rings. The molecule has 0 bridgehead atoms. The van der Waals surface area contributed by atoms with Crippen LogP contribution in [0.3, 0.4) is 0 Å². The summed E-state index contributed by atoms with van der Waals surface area (Å²) in [7, 11) is 2.75. The van der Waals surface area contributed by atoms with Gasteiger partial charge in [-0.1, -0.05) is 0 Å². The van der Waals surface area contributed by atoms with Crippen molar-refractivity contribution in [2.75, 3.05) is 38.7 Å². The summed E-state index contributed by atoms with van der Waals surface area (Å²) in [4.78, 5) is 16.0. The molecule has 0 saturated carbocycles. The molecule has 1 aliphatic heterocycles. The summed E-state index contributed by atoms with van der Waals surface area (Å²) in [6, 6.07) is 0.0543. The number of rotatable bonds is 8. The average molecular weight is 356 g/mol. The van der Waals surface area contributed by atoms with Gasteiger partial charge in [0.25, 0.3) is 0 Å². The number of aromatic nitrogens is 2. The second-order valence-corrected chi connectivity index (χ2v) is 8.96. The van der Waals surface area contributed by atoms with E-state index in [4.69, 9.17) is 0 Å². The monoisotopic (exact) mass is 356 g/mol. The largest absolute Gasteiger partial charge is 0.346 e. The third kappa shape index (κ3) is 5.59. The summed E-state index contributed by atoms with van der Waals surface area (Å²) in [6.45, 7) is 1.32. The van der Waals surface area contributed by atoms with E-state index in [2.05, 4.69) is 5.10 Å². The summed E-state index contributed by atoms with van der Waals surface area (Å²) < 4.78 is 24.8. The van der Waals surface area contributed by atoms with E-state index in [0.29, 0.717) is 19.4 Å². The molecule has 0 radical (unpaired) electrons. The maximum atomic E-state index is 12.2. The van der Waals surface area contributed by atoms with Crippen molar-refractivity contribution in [3.63, 3.8) is 0 Å². The third-order valence-electron chi connectivity index (χ3n) is 4.65.